The van der Waals surface area contributed by atoms with Crippen molar-refractivity contribution in [1.29, 1.82) is 0 Å². The molecule has 1 heterocycles. The Morgan fingerprint density at radius 2 is 1.65 bits per heavy atom. The average Bonchev–Trinajstić information content (AvgIpc) is 3.67. The van der Waals surface area contributed by atoms with Crippen molar-refractivity contribution in [3.8, 4) is 0 Å². The van der Waals surface area contributed by atoms with E-state index in [-0.39, 0.29) is 41.9 Å². The van der Waals surface area contributed by atoms with Crippen molar-refractivity contribution in [2.45, 2.75) is 161 Å². The smallest absolute Gasteiger partial charge is 0.166 e. The van der Waals surface area contributed by atoms with Crippen LogP contribution in [0.25, 0.3) is 0 Å². The first kappa shape index (κ1) is 37.3. The number of aliphatic hydroxyl groups is 3. The third-order valence-corrected chi connectivity index (χ3v) is 14.0. The summed E-state index contributed by atoms with van der Waals surface area (Å²) in [7, 11) is 4.24. The van der Waals surface area contributed by atoms with Gasteiger partial charge in [0, 0.05) is 30.0 Å². The molecule has 276 valence electrons. The number of nitrogens with one attached hydrogen (secondary N) is 1. The lowest BCUT2D eigenvalue weighted by Gasteiger charge is -2.48. The normalized spacial score (nSPS) is 44.7. The van der Waals surface area contributed by atoms with Gasteiger partial charge in [0.2, 0.25) is 0 Å². The van der Waals surface area contributed by atoms with Gasteiger partial charge in [-0.15, -0.1) is 0 Å². The van der Waals surface area contributed by atoms with Crippen LogP contribution in [0, 0.1) is 55.3 Å². The minimum atomic E-state index is -0.703. The highest BCUT2D eigenvalue weighted by Crippen LogP contribution is 2.57. The summed E-state index contributed by atoms with van der Waals surface area (Å²) in [6, 6.07) is 6.72. The van der Waals surface area contributed by atoms with E-state index in [0.717, 1.165) is 69.0 Å². The van der Waals surface area contributed by atoms with E-state index in [1.165, 1.54) is 17.5 Å². The number of likely N-dealkylation sites (N-methyl/N-ethyl adjacent to an activating group) is 1. The third-order valence-electron chi connectivity index (χ3n) is 14.0. The van der Waals surface area contributed by atoms with Crippen molar-refractivity contribution < 1.29 is 24.8 Å². The molecule has 4 fully saturated rings. The predicted molar refractivity (Wildman–Crippen MR) is 197 cm³/mol. The van der Waals surface area contributed by atoms with Crippen LogP contribution in [0.15, 0.2) is 29.8 Å². The van der Waals surface area contributed by atoms with Crippen LogP contribution in [0.2, 0.25) is 0 Å². The molecule has 4 N–H and O–H groups in total. The summed E-state index contributed by atoms with van der Waals surface area (Å²) >= 11 is 0. The molecule has 15 atom stereocenters. The summed E-state index contributed by atoms with van der Waals surface area (Å²) < 4.78 is 13.7. The van der Waals surface area contributed by atoms with Crippen molar-refractivity contribution in [2.75, 3.05) is 19.4 Å². The van der Waals surface area contributed by atoms with Crippen molar-refractivity contribution in [2.24, 2.45) is 41.4 Å². The molecule has 1 aromatic carbocycles. The van der Waals surface area contributed by atoms with E-state index < -0.39 is 24.1 Å². The molecule has 1 aromatic rings. The first-order valence-corrected chi connectivity index (χ1v) is 19.9. The second-order valence-electron chi connectivity index (χ2n) is 17.4. The van der Waals surface area contributed by atoms with Crippen LogP contribution in [0.4, 0.5) is 5.69 Å². The van der Waals surface area contributed by atoms with E-state index in [4.69, 9.17) is 9.47 Å². The Bertz CT molecular complexity index is 1280. The van der Waals surface area contributed by atoms with Crippen LogP contribution < -0.4 is 5.32 Å². The van der Waals surface area contributed by atoms with Crippen LogP contribution in [-0.4, -0.2) is 82.7 Å². The Morgan fingerprint density at radius 1 is 0.959 bits per heavy atom. The summed E-state index contributed by atoms with van der Waals surface area (Å²) in [5, 5.41) is 40.5. The lowest BCUT2D eigenvalue weighted by molar-refractivity contribution is -0.302. The lowest BCUT2D eigenvalue weighted by Crippen LogP contribution is -2.55. The van der Waals surface area contributed by atoms with E-state index in [1.54, 1.807) is 0 Å². The minimum absolute atomic E-state index is 0.0296. The monoisotopic (exact) mass is 681 g/mol. The SMILES string of the molecule is CC[C@H]1CCC[C@H](OC2(C)CC[C@H](N(C)C)C(C)O2)[C@@H](C)C(O)C2=C[C@H]3C(C2CC(O)C1)[C@H](O)[C@H](Nc1c(C)cccc1C)[C@H]1CCC[C@H]13. The molecule has 0 radical (unpaired) electrons. The molecule has 7 nitrogen and oxygen atoms in total. The van der Waals surface area contributed by atoms with E-state index in [1.807, 2.05) is 0 Å². The van der Waals surface area contributed by atoms with E-state index in [0.29, 0.717) is 30.2 Å². The van der Waals surface area contributed by atoms with Crippen molar-refractivity contribution in [1.82, 2.24) is 4.90 Å². The molecule has 1 saturated heterocycles. The first-order valence-electron chi connectivity index (χ1n) is 19.9. The van der Waals surface area contributed by atoms with Crippen molar-refractivity contribution in [3.63, 3.8) is 0 Å². The number of rotatable bonds is 6. The van der Waals surface area contributed by atoms with Gasteiger partial charge in [0.1, 0.15) is 0 Å². The van der Waals surface area contributed by atoms with Crippen molar-refractivity contribution >= 4 is 5.69 Å². The number of nitrogens with zero attached hydrogens (tertiary/aromatic N) is 1. The van der Waals surface area contributed by atoms with E-state index in [2.05, 4.69) is 90.1 Å². The molecule has 0 amide bonds. The Hall–Kier alpha value is -1.48. The Labute approximate surface area is 297 Å². The molecular weight excluding hydrogens is 612 g/mol. The maximum Gasteiger partial charge on any atom is 0.166 e. The summed E-state index contributed by atoms with van der Waals surface area (Å²) in [6.45, 7) is 13.0. The molecule has 5 aliphatic rings. The largest absolute Gasteiger partial charge is 0.393 e. The highest BCUT2D eigenvalue weighted by atomic mass is 16.7. The number of aryl methyl sites for hydroxylation is 2. The van der Waals surface area contributed by atoms with Crippen LogP contribution in [-0.2, 0) is 9.47 Å². The molecule has 7 heteroatoms. The minimum Gasteiger partial charge on any atom is -0.393 e. The number of allylic oxidation sites excluding steroid dienone is 1. The Balaban J connectivity index is 1.31. The van der Waals surface area contributed by atoms with E-state index in [9.17, 15) is 15.3 Å². The average molecular weight is 681 g/mol. The highest BCUT2D eigenvalue weighted by molar-refractivity contribution is 5.57. The van der Waals surface area contributed by atoms with Gasteiger partial charge >= 0.3 is 0 Å². The zero-order chi connectivity index (χ0) is 35.2. The zero-order valence-electron chi connectivity index (χ0n) is 31.8. The number of benzene rings is 1. The standard InChI is InChI=1S/C42H68N2O5/c1-9-28-15-11-18-36(49-42(6)20-19-35(44(7)8)27(5)48-42)26(4)40(46)34-23-33-30-16-12-17-31(30)39(43-38-24(2)13-10-14-25(38)3)41(47)37(33)32(34)22-29(45)21-28/h10,13-14,23,26-33,35-37,39-41,43,45-47H,9,11-12,15-22H2,1-8H3/t26-,27?,28+,29?,30-,31+,32?,33-,35+,36+,37?,39-,40?,41+,42?/m1/s1. The number of fused-ring (bicyclic) bond motifs is 5. The third kappa shape index (κ3) is 7.55. The summed E-state index contributed by atoms with van der Waals surface area (Å²) in [4.78, 5) is 2.25. The summed E-state index contributed by atoms with van der Waals surface area (Å²) in [6.07, 6.45) is 11.1. The highest BCUT2D eigenvalue weighted by Gasteiger charge is 2.57. The fraction of sp³-hybridized carbons (Fsp3) is 0.810. The second kappa shape index (κ2) is 15.2. The number of hydrogen-bond acceptors (Lipinski definition) is 7. The lowest BCUT2D eigenvalue weighted by atomic mass is 9.62. The molecule has 6 unspecified atom stereocenters. The number of para-hydroxylation sites is 1. The molecule has 1 aliphatic heterocycles. The molecule has 0 spiro atoms. The molecule has 0 bridgehead atoms. The maximum absolute atomic E-state index is 12.5. The molecule has 3 saturated carbocycles. The topological polar surface area (TPSA) is 94.4 Å². The zero-order valence-corrected chi connectivity index (χ0v) is 31.8. The van der Waals surface area contributed by atoms with Gasteiger partial charge in [-0.1, -0.05) is 63.8 Å². The molecule has 0 aromatic heterocycles. The summed E-state index contributed by atoms with van der Waals surface area (Å²) in [5.74, 6) is 0.548. The number of hydrogen-bond donors (Lipinski definition) is 4. The predicted octanol–water partition coefficient (Wildman–Crippen LogP) is 7.24. The molecule has 49 heavy (non-hydrogen) atoms. The Kier molecular flexibility index (Phi) is 11.6. The van der Waals surface area contributed by atoms with Crippen LogP contribution >= 0.6 is 0 Å². The van der Waals surface area contributed by atoms with E-state index >= 15 is 0 Å². The van der Waals surface area contributed by atoms with Gasteiger partial charge in [-0.25, -0.2) is 0 Å². The quantitative estimate of drug-likeness (QED) is 0.236. The maximum atomic E-state index is 12.5. The molecule has 4 aliphatic carbocycles. The molecule has 6 rings (SSSR count). The number of anilines is 1. The number of aliphatic hydroxyl groups excluding tert-OH is 3. The van der Waals surface area contributed by atoms with Gasteiger partial charge in [0.25, 0.3) is 0 Å². The van der Waals surface area contributed by atoms with Gasteiger partial charge in [-0.3, -0.25) is 0 Å². The fourth-order valence-corrected chi connectivity index (χ4v) is 11.3. The fourth-order valence-electron chi connectivity index (χ4n) is 11.3. The molecular formula is C42H68N2O5. The van der Waals surface area contributed by atoms with Gasteiger partial charge in [0.15, 0.2) is 5.79 Å². The van der Waals surface area contributed by atoms with Gasteiger partial charge < -0.3 is 35.0 Å². The van der Waals surface area contributed by atoms with Gasteiger partial charge in [-0.2, -0.15) is 0 Å². The second-order valence-corrected chi connectivity index (χ2v) is 17.4. The number of ether oxygens (including phenoxy) is 2. The van der Waals surface area contributed by atoms with Crippen LogP contribution in [0.1, 0.15) is 109 Å². The van der Waals surface area contributed by atoms with Gasteiger partial charge in [0.05, 0.1) is 36.6 Å². The van der Waals surface area contributed by atoms with Crippen LogP contribution in [0.3, 0.4) is 0 Å². The van der Waals surface area contributed by atoms with Crippen molar-refractivity contribution in [3.05, 3.63) is 41.0 Å². The summed E-state index contributed by atoms with van der Waals surface area (Å²) in [5.41, 5.74) is 4.60. The first-order chi connectivity index (χ1) is 23.3. The van der Waals surface area contributed by atoms with Crippen LogP contribution in [0.5, 0.6) is 0 Å². The van der Waals surface area contributed by atoms with Gasteiger partial charge in [-0.05, 0) is 127 Å². The Morgan fingerprint density at radius 3 is 2.33 bits per heavy atom.